The van der Waals surface area contributed by atoms with Gasteiger partial charge < -0.3 is 16.0 Å². The van der Waals surface area contributed by atoms with Gasteiger partial charge in [-0.3, -0.25) is 14.4 Å². The Morgan fingerprint density at radius 1 is 1.09 bits per heavy atom. The van der Waals surface area contributed by atoms with Gasteiger partial charge in [0.15, 0.2) is 0 Å². The maximum Gasteiger partial charge on any atom is 0.251 e. The van der Waals surface area contributed by atoms with Gasteiger partial charge in [-0.15, -0.1) is 0 Å². The van der Waals surface area contributed by atoms with Crippen LogP contribution in [0.25, 0.3) is 0 Å². The summed E-state index contributed by atoms with van der Waals surface area (Å²) in [4.78, 5) is 35.2. The van der Waals surface area contributed by atoms with Crippen molar-refractivity contribution < 1.29 is 14.4 Å². The van der Waals surface area contributed by atoms with E-state index in [9.17, 15) is 14.4 Å². The molecular formula is C16H22ClN3O3. The maximum atomic E-state index is 11.8. The van der Waals surface area contributed by atoms with Crippen LogP contribution in [0.3, 0.4) is 0 Å². The van der Waals surface area contributed by atoms with Crippen LogP contribution in [0.15, 0.2) is 24.3 Å². The summed E-state index contributed by atoms with van der Waals surface area (Å²) in [5, 5.41) is 8.49. The zero-order chi connectivity index (χ0) is 17.2. The average molecular weight is 340 g/mol. The Bertz CT molecular complexity index is 546. The topological polar surface area (TPSA) is 87.3 Å². The molecule has 0 fully saturated rings. The van der Waals surface area contributed by atoms with Gasteiger partial charge in [-0.25, -0.2) is 0 Å². The Labute approximate surface area is 141 Å². The zero-order valence-corrected chi connectivity index (χ0v) is 14.1. The number of carbonyl (C=O) groups is 3. The van der Waals surface area contributed by atoms with Gasteiger partial charge in [-0.05, 0) is 37.6 Å². The van der Waals surface area contributed by atoms with Gasteiger partial charge in [0.1, 0.15) is 6.04 Å². The van der Waals surface area contributed by atoms with E-state index < -0.39 is 6.04 Å². The summed E-state index contributed by atoms with van der Waals surface area (Å²) in [7, 11) is 0. The largest absolute Gasteiger partial charge is 0.354 e. The molecular weight excluding hydrogens is 318 g/mol. The second kappa shape index (κ2) is 9.84. The van der Waals surface area contributed by atoms with Crippen LogP contribution in [-0.2, 0) is 9.59 Å². The fourth-order valence-corrected chi connectivity index (χ4v) is 1.90. The molecule has 0 aromatic heterocycles. The van der Waals surface area contributed by atoms with E-state index in [0.29, 0.717) is 17.1 Å². The molecule has 0 bridgehead atoms. The number of benzene rings is 1. The van der Waals surface area contributed by atoms with Crippen molar-refractivity contribution in [1.82, 2.24) is 16.0 Å². The summed E-state index contributed by atoms with van der Waals surface area (Å²) >= 11 is 5.75. The highest BCUT2D eigenvalue weighted by Crippen LogP contribution is 2.09. The molecule has 1 aromatic carbocycles. The molecule has 0 unspecified atom stereocenters. The second-order valence-electron chi connectivity index (χ2n) is 5.09. The highest BCUT2D eigenvalue weighted by molar-refractivity contribution is 6.30. The van der Waals surface area contributed by atoms with E-state index in [1.54, 1.807) is 31.2 Å². The van der Waals surface area contributed by atoms with Crippen molar-refractivity contribution in [3.63, 3.8) is 0 Å². The molecule has 1 rings (SSSR count). The van der Waals surface area contributed by atoms with Crippen molar-refractivity contribution in [3.05, 3.63) is 34.9 Å². The lowest BCUT2D eigenvalue weighted by Crippen LogP contribution is -2.45. The number of amides is 3. The van der Waals surface area contributed by atoms with Crippen LogP contribution in [0, 0.1) is 0 Å². The van der Waals surface area contributed by atoms with Crippen LogP contribution in [0.4, 0.5) is 0 Å². The first-order valence-electron chi connectivity index (χ1n) is 7.55. The van der Waals surface area contributed by atoms with E-state index in [-0.39, 0.29) is 30.7 Å². The van der Waals surface area contributed by atoms with Crippen molar-refractivity contribution in [2.45, 2.75) is 32.7 Å². The molecule has 23 heavy (non-hydrogen) atoms. The molecule has 1 aromatic rings. The zero-order valence-electron chi connectivity index (χ0n) is 13.3. The van der Waals surface area contributed by atoms with Gasteiger partial charge >= 0.3 is 0 Å². The number of nitrogens with one attached hydrogen (secondary N) is 3. The van der Waals surface area contributed by atoms with E-state index in [4.69, 9.17) is 11.6 Å². The van der Waals surface area contributed by atoms with Crippen molar-refractivity contribution in [2.75, 3.05) is 13.1 Å². The van der Waals surface area contributed by atoms with Crippen LogP contribution < -0.4 is 16.0 Å². The van der Waals surface area contributed by atoms with Gasteiger partial charge in [0.05, 0.1) is 0 Å². The lowest BCUT2D eigenvalue weighted by atomic mass is 10.2. The third kappa shape index (κ3) is 7.15. The molecule has 0 aliphatic carbocycles. The van der Waals surface area contributed by atoms with Crippen molar-refractivity contribution >= 4 is 29.3 Å². The minimum absolute atomic E-state index is 0.102. The smallest absolute Gasteiger partial charge is 0.251 e. The van der Waals surface area contributed by atoms with Gasteiger partial charge in [-0.1, -0.05) is 18.5 Å². The summed E-state index contributed by atoms with van der Waals surface area (Å²) in [5.74, 6) is -0.783. The molecule has 3 N–H and O–H groups in total. The molecule has 3 amide bonds. The molecule has 0 saturated carbocycles. The molecule has 126 valence electrons. The Hall–Kier alpha value is -2.08. The van der Waals surface area contributed by atoms with E-state index in [2.05, 4.69) is 16.0 Å². The highest BCUT2D eigenvalue weighted by atomic mass is 35.5. The Morgan fingerprint density at radius 3 is 2.35 bits per heavy atom. The summed E-state index contributed by atoms with van der Waals surface area (Å²) < 4.78 is 0. The molecule has 1 atom stereocenters. The predicted molar refractivity (Wildman–Crippen MR) is 89.3 cm³/mol. The molecule has 7 heteroatoms. The first-order chi connectivity index (χ1) is 10.9. The number of hydrogen-bond donors (Lipinski definition) is 3. The normalized spacial score (nSPS) is 11.4. The van der Waals surface area contributed by atoms with E-state index >= 15 is 0 Å². The Kier molecular flexibility index (Phi) is 8.11. The SMILES string of the molecule is CCCNC(=O)[C@@H](C)NC(=O)CCNC(=O)c1ccc(Cl)cc1. The summed E-state index contributed by atoms with van der Waals surface area (Å²) in [5.41, 5.74) is 0.474. The highest BCUT2D eigenvalue weighted by Gasteiger charge is 2.14. The third-order valence-electron chi connectivity index (χ3n) is 3.06. The molecule has 0 aliphatic heterocycles. The van der Waals surface area contributed by atoms with Crippen LogP contribution >= 0.6 is 11.6 Å². The number of carbonyl (C=O) groups excluding carboxylic acids is 3. The predicted octanol–water partition coefficient (Wildman–Crippen LogP) is 1.49. The van der Waals surface area contributed by atoms with Crippen molar-refractivity contribution in [3.8, 4) is 0 Å². The standard InChI is InChI=1S/C16H22ClN3O3/c1-3-9-18-15(22)11(2)20-14(21)8-10-19-16(23)12-4-6-13(17)7-5-12/h4-7,11H,3,8-10H2,1-2H3,(H,18,22)(H,19,23)(H,20,21)/t11-/m1/s1. The minimum Gasteiger partial charge on any atom is -0.354 e. The average Bonchev–Trinajstić information content (AvgIpc) is 2.52. The van der Waals surface area contributed by atoms with Crippen LogP contribution in [0.5, 0.6) is 0 Å². The lowest BCUT2D eigenvalue weighted by molar-refractivity contribution is -0.128. The van der Waals surface area contributed by atoms with E-state index in [1.165, 1.54) is 0 Å². The third-order valence-corrected chi connectivity index (χ3v) is 3.32. The van der Waals surface area contributed by atoms with Gasteiger partial charge in [0.25, 0.3) is 5.91 Å². The van der Waals surface area contributed by atoms with E-state index in [1.807, 2.05) is 6.92 Å². The quantitative estimate of drug-likeness (QED) is 0.670. The Morgan fingerprint density at radius 2 is 1.74 bits per heavy atom. The molecule has 0 radical (unpaired) electrons. The second-order valence-corrected chi connectivity index (χ2v) is 5.53. The minimum atomic E-state index is -0.596. The molecule has 0 saturated heterocycles. The Balaban J connectivity index is 2.29. The number of halogens is 1. The number of hydrogen-bond acceptors (Lipinski definition) is 3. The molecule has 6 nitrogen and oxygen atoms in total. The molecule has 0 aliphatic rings. The van der Waals surface area contributed by atoms with Gasteiger partial charge in [-0.2, -0.15) is 0 Å². The maximum absolute atomic E-state index is 11.8. The van der Waals surface area contributed by atoms with Crippen molar-refractivity contribution in [1.29, 1.82) is 0 Å². The fourth-order valence-electron chi connectivity index (χ4n) is 1.77. The van der Waals surface area contributed by atoms with E-state index in [0.717, 1.165) is 6.42 Å². The first kappa shape index (κ1) is 19.0. The monoisotopic (exact) mass is 339 g/mol. The van der Waals surface area contributed by atoms with Crippen LogP contribution in [0.1, 0.15) is 37.0 Å². The molecule has 0 spiro atoms. The van der Waals surface area contributed by atoms with Crippen molar-refractivity contribution in [2.24, 2.45) is 0 Å². The lowest BCUT2D eigenvalue weighted by Gasteiger charge is -2.14. The van der Waals surface area contributed by atoms with Gasteiger partial charge in [0, 0.05) is 30.1 Å². The van der Waals surface area contributed by atoms with Crippen LogP contribution in [0.2, 0.25) is 5.02 Å². The summed E-state index contributed by atoms with van der Waals surface area (Å²) in [6.45, 7) is 4.34. The first-order valence-corrected chi connectivity index (χ1v) is 7.92. The van der Waals surface area contributed by atoms with Crippen LogP contribution in [-0.4, -0.2) is 36.9 Å². The fraction of sp³-hybridized carbons (Fsp3) is 0.438. The molecule has 0 heterocycles. The number of rotatable bonds is 8. The van der Waals surface area contributed by atoms with Gasteiger partial charge in [0.2, 0.25) is 11.8 Å². The summed E-state index contributed by atoms with van der Waals surface area (Å²) in [6, 6.07) is 5.87. The summed E-state index contributed by atoms with van der Waals surface area (Å²) in [6.07, 6.45) is 0.938.